The van der Waals surface area contributed by atoms with E-state index in [0.29, 0.717) is 29.7 Å². The summed E-state index contributed by atoms with van der Waals surface area (Å²) >= 11 is 0. The van der Waals surface area contributed by atoms with Crippen LogP contribution in [0.5, 0.6) is 0 Å². The Morgan fingerprint density at radius 3 is 2.57 bits per heavy atom. The van der Waals surface area contributed by atoms with Crippen LogP contribution in [0.3, 0.4) is 0 Å². The zero-order chi connectivity index (χ0) is 15.2. The quantitative estimate of drug-likeness (QED) is 0.932. The van der Waals surface area contributed by atoms with E-state index >= 15 is 0 Å². The molecular formula is C17H15FN2O. The molecule has 0 saturated heterocycles. The number of hydrogen-bond donors (Lipinski definition) is 1. The van der Waals surface area contributed by atoms with E-state index in [4.69, 9.17) is 5.26 Å². The number of carbonyl (C=O) groups excluding carboxylic acids is 1. The molecule has 2 rings (SSSR count). The van der Waals surface area contributed by atoms with Crippen LogP contribution in [0.25, 0.3) is 0 Å². The van der Waals surface area contributed by atoms with Crippen molar-refractivity contribution in [1.29, 1.82) is 5.26 Å². The van der Waals surface area contributed by atoms with Gasteiger partial charge in [-0.3, -0.25) is 4.79 Å². The summed E-state index contributed by atoms with van der Waals surface area (Å²) in [6.45, 7) is 1.67. The third-order valence-corrected chi connectivity index (χ3v) is 3.18. The van der Waals surface area contributed by atoms with Crippen molar-refractivity contribution in [2.45, 2.75) is 19.8 Å². The van der Waals surface area contributed by atoms with Gasteiger partial charge in [0, 0.05) is 12.1 Å². The summed E-state index contributed by atoms with van der Waals surface area (Å²) in [4.78, 5) is 11.8. The van der Waals surface area contributed by atoms with Crippen LogP contribution < -0.4 is 5.32 Å². The number of amides is 1. The molecule has 21 heavy (non-hydrogen) atoms. The first kappa shape index (κ1) is 14.7. The lowest BCUT2D eigenvalue weighted by molar-refractivity contribution is -0.116. The second kappa shape index (κ2) is 6.67. The van der Waals surface area contributed by atoms with Crippen molar-refractivity contribution in [3.8, 4) is 6.07 Å². The summed E-state index contributed by atoms with van der Waals surface area (Å²) in [6.07, 6.45) is 0.882. The van der Waals surface area contributed by atoms with Gasteiger partial charge in [-0.1, -0.05) is 18.2 Å². The predicted octanol–water partition coefficient (Wildman–Crippen LogP) is 3.58. The van der Waals surface area contributed by atoms with Gasteiger partial charge in [-0.05, 0) is 48.7 Å². The average Bonchev–Trinajstić information content (AvgIpc) is 2.49. The third-order valence-electron chi connectivity index (χ3n) is 3.18. The molecule has 2 aromatic rings. The van der Waals surface area contributed by atoms with Crippen molar-refractivity contribution in [3.05, 3.63) is 65.0 Å². The maximum absolute atomic E-state index is 13.4. The average molecular weight is 282 g/mol. The second-order valence-corrected chi connectivity index (χ2v) is 4.82. The van der Waals surface area contributed by atoms with Gasteiger partial charge in [-0.2, -0.15) is 5.26 Å². The molecule has 0 saturated carbocycles. The predicted molar refractivity (Wildman–Crippen MR) is 79.2 cm³/mol. The lowest BCUT2D eigenvalue weighted by Crippen LogP contribution is -2.12. The molecule has 106 valence electrons. The molecule has 0 atom stereocenters. The van der Waals surface area contributed by atoms with Crippen molar-refractivity contribution in [2.75, 3.05) is 5.32 Å². The number of nitriles is 1. The summed E-state index contributed by atoms with van der Waals surface area (Å²) < 4.78 is 13.4. The first-order valence-electron chi connectivity index (χ1n) is 6.63. The third kappa shape index (κ3) is 4.15. The number of anilines is 1. The number of halogens is 1. The fourth-order valence-corrected chi connectivity index (χ4v) is 1.90. The molecule has 3 nitrogen and oxygen atoms in total. The van der Waals surface area contributed by atoms with Gasteiger partial charge in [0.15, 0.2) is 0 Å². The van der Waals surface area contributed by atoms with Crippen molar-refractivity contribution >= 4 is 11.6 Å². The van der Waals surface area contributed by atoms with Crippen LogP contribution in [0.1, 0.15) is 23.1 Å². The van der Waals surface area contributed by atoms with Gasteiger partial charge in [0.25, 0.3) is 0 Å². The van der Waals surface area contributed by atoms with Gasteiger partial charge in [0.1, 0.15) is 5.82 Å². The van der Waals surface area contributed by atoms with Gasteiger partial charge < -0.3 is 5.32 Å². The molecule has 0 aliphatic carbocycles. The monoisotopic (exact) mass is 282 g/mol. The van der Waals surface area contributed by atoms with Gasteiger partial charge in [-0.15, -0.1) is 0 Å². The molecule has 0 bridgehead atoms. The normalized spacial score (nSPS) is 9.95. The highest BCUT2D eigenvalue weighted by molar-refractivity contribution is 5.90. The Morgan fingerprint density at radius 1 is 1.24 bits per heavy atom. The zero-order valence-corrected chi connectivity index (χ0v) is 11.7. The first-order chi connectivity index (χ1) is 10.1. The van der Waals surface area contributed by atoms with E-state index in [1.807, 2.05) is 18.2 Å². The molecule has 4 heteroatoms. The van der Waals surface area contributed by atoms with Gasteiger partial charge >= 0.3 is 0 Å². The number of nitrogens with zero attached hydrogens (tertiary/aromatic N) is 1. The van der Waals surface area contributed by atoms with Gasteiger partial charge in [0.2, 0.25) is 5.91 Å². The lowest BCUT2D eigenvalue weighted by atomic mass is 10.1. The minimum atomic E-state index is -0.333. The van der Waals surface area contributed by atoms with E-state index in [9.17, 15) is 9.18 Å². The number of rotatable bonds is 4. The summed E-state index contributed by atoms with van der Waals surface area (Å²) in [5.74, 6) is -0.498. The fraction of sp³-hybridized carbons (Fsp3) is 0.176. The van der Waals surface area contributed by atoms with Crippen molar-refractivity contribution < 1.29 is 9.18 Å². The number of benzene rings is 2. The SMILES string of the molecule is Cc1ccc(NC(=O)CCc2ccc(C#N)cc2)cc1F. The Kier molecular flexibility index (Phi) is 4.68. The molecule has 1 amide bonds. The molecule has 0 aliphatic heterocycles. The highest BCUT2D eigenvalue weighted by atomic mass is 19.1. The van der Waals surface area contributed by atoms with Crippen LogP contribution in [-0.2, 0) is 11.2 Å². The van der Waals surface area contributed by atoms with Crippen LogP contribution in [-0.4, -0.2) is 5.91 Å². The Labute approximate surface area is 123 Å². The van der Waals surface area contributed by atoms with Crippen molar-refractivity contribution in [1.82, 2.24) is 0 Å². The van der Waals surface area contributed by atoms with Crippen LogP contribution in [0.15, 0.2) is 42.5 Å². The number of carbonyl (C=O) groups is 1. The maximum atomic E-state index is 13.4. The van der Waals surface area contributed by atoms with E-state index in [1.165, 1.54) is 6.07 Å². The highest BCUT2D eigenvalue weighted by Gasteiger charge is 2.05. The molecule has 0 aromatic heterocycles. The van der Waals surface area contributed by atoms with Crippen molar-refractivity contribution in [3.63, 3.8) is 0 Å². The van der Waals surface area contributed by atoms with Crippen molar-refractivity contribution in [2.24, 2.45) is 0 Å². The first-order valence-corrected chi connectivity index (χ1v) is 6.63. The molecule has 2 aromatic carbocycles. The maximum Gasteiger partial charge on any atom is 0.224 e. The summed E-state index contributed by atoms with van der Waals surface area (Å²) in [5, 5.41) is 11.4. The Balaban J connectivity index is 1.89. The number of nitrogens with one attached hydrogen (secondary N) is 1. The summed E-state index contributed by atoms with van der Waals surface area (Å²) in [7, 11) is 0. The molecule has 0 fully saturated rings. The molecule has 0 radical (unpaired) electrons. The van der Waals surface area contributed by atoms with Crippen LogP contribution in [0.2, 0.25) is 0 Å². The fourth-order valence-electron chi connectivity index (χ4n) is 1.90. The number of aryl methyl sites for hydroxylation is 2. The molecule has 0 unspecified atom stereocenters. The lowest BCUT2D eigenvalue weighted by Gasteiger charge is -2.06. The topological polar surface area (TPSA) is 52.9 Å². The van der Waals surface area contributed by atoms with E-state index in [0.717, 1.165) is 5.56 Å². The van der Waals surface area contributed by atoms with E-state index < -0.39 is 0 Å². The largest absolute Gasteiger partial charge is 0.326 e. The Morgan fingerprint density at radius 2 is 1.95 bits per heavy atom. The molecule has 0 aliphatic rings. The standard InChI is InChI=1S/C17H15FN2O/c1-12-2-8-15(10-16(12)18)20-17(21)9-7-13-3-5-14(11-19)6-4-13/h2-6,8,10H,7,9H2,1H3,(H,20,21). The smallest absolute Gasteiger partial charge is 0.224 e. The molecular weight excluding hydrogens is 267 g/mol. The second-order valence-electron chi connectivity index (χ2n) is 4.82. The molecule has 0 heterocycles. The Hall–Kier alpha value is -2.67. The van der Waals surface area contributed by atoms with Gasteiger partial charge in [-0.25, -0.2) is 4.39 Å². The Bertz CT molecular complexity index is 687. The number of hydrogen-bond acceptors (Lipinski definition) is 2. The van der Waals surface area contributed by atoms with E-state index in [-0.39, 0.29) is 11.7 Å². The minimum absolute atomic E-state index is 0.164. The van der Waals surface area contributed by atoms with Gasteiger partial charge in [0.05, 0.1) is 11.6 Å². The van der Waals surface area contributed by atoms with Crippen LogP contribution in [0, 0.1) is 24.1 Å². The molecule has 1 N–H and O–H groups in total. The van der Waals surface area contributed by atoms with E-state index in [2.05, 4.69) is 5.32 Å². The molecule has 0 spiro atoms. The zero-order valence-electron chi connectivity index (χ0n) is 11.7. The highest BCUT2D eigenvalue weighted by Crippen LogP contribution is 2.14. The van der Waals surface area contributed by atoms with Crippen LogP contribution in [0.4, 0.5) is 10.1 Å². The summed E-state index contributed by atoms with van der Waals surface area (Å²) in [6, 6.07) is 13.8. The van der Waals surface area contributed by atoms with E-state index in [1.54, 1.807) is 31.2 Å². The minimum Gasteiger partial charge on any atom is -0.326 e. The summed E-state index contributed by atoms with van der Waals surface area (Å²) in [5.41, 5.74) is 2.59. The van der Waals surface area contributed by atoms with Crippen LogP contribution >= 0.6 is 0 Å².